The molecular weight excluding hydrogens is 220 g/mol. The third kappa shape index (κ3) is 4.78. The quantitative estimate of drug-likeness (QED) is 0.347. The zero-order chi connectivity index (χ0) is 12.9. The standard InChI is InChI=1S/C11H18N4O2/c1-11(2,3)17-10(16)13-8-6-4-5-7-9(8)14-15-12/h4-5,8-9H,6-7H2,1-3H3,(H,13,16)/t8-,9-/m0/s1. The number of alkyl carbamates (subject to hydrolysis) is 1. The maximum absolute atomic E-state index is 11.6. The molecule has 0 saturated carbocycles. The van der Waals surface area contributed by atoms with Crippen LogP contribution in [0, 0.1) is 0 Å². The van der Waals surface area contributed by atoms with E-state index >= 15 is 0 Å². The van der Waals surface area contributed by atoms with Crippen molar-refractivity contribution in [1.82, 2.24) is 5.32 Å². The number of carbonyl (C=O) groups is 1. The number of hydrogen-bond acceptors (Lipinski definition) is 3. The van der Waals surface area contributed by atoms with Gasteiger partial charge >= 0.3 is 6.09 Å². The zero-order valence-corrected chi connectivity index (χ0v) is 10.4. The maximum Gasteiger partial charge on any atom is 0.407 e. The molecule has 2 atom stereocenters. The molecule has 0 heterocycles. The molecule has 1 aliphatic carbocycles. The molecule has 0 aromatic rings. The molecule has 0 aromatic carbocycles. The number of ether oxygens (including phenoxy) is 1. The van der Waals surface area contributed by atoms with Gasteiger partial charge in [-0.2, -0.15) is 0 Å². The minimum atomic E-state index is -0.525. The lowest BCUT2D eigenvalue weighted by Gasteiger charge is -2.27. The van der Waals surface area contributed by atoms with Gasteiger partial charge in [0.25, 0.3) is 0 Å². The highest BCUT2D eigenvalue weighted by atomic mass is 16.6. The molecule has 0 fully saturated rings. The van der Waals surface area contributed by atoms with E-state index in [9.17, 15) is 4.79 Å². The zero-order valence-electron chi connectivity index (χ0n) is 10.4. The summed E-state index contributed by atoms with van der Waals surface area (Å²) in [5, 5.41) is 6.41. The Labute approximate surface area is 101 Å². The van der Waals surface area contributed by atoms with Gasteiger partial charge in [-0.1, -0.05) is 17.3 Å². The first kappa shape index (κ1) is 13.4. The van der Waals surface area contributed by atoms with Gasteiger partial charge in [-0.15, -0.1) is 0 Å². The van der Waals surface area contributed by atoms with Crippen LogP contribution < -0.4 is 5.32 Å². The lowest BCUT2D eigenvalue weighted by molar-refractivity contribution is 0.0496. The molecule has 6 heteroatoms. The van der Waals surface area contributed by atoms with Gasteiger partial charge in [0.15, 0.2) is 0 Å². The van der Waals surface area contributed by atoms with Gasteiger partial charge in [0.05, 0.1) is 6.04 Å². The predicted octanol–water partition coefficient (Wildman–Crippen LogP) is 2.91. The second-order valence-corrected chi connectivity index (χ2v) is 4.97. The molecule has 0 aliphatic heterocycles. The molecule has 0 unspecified atom stereocenters. The van der Waals surface area contributed by atoms with Crippen LogP contribution in [0.25, 0.3) is 10.4 Å². The molecule has 1 rings (SSSR count). The topological polar surface area (TPSA) is 87.1 Å². The summed E-state index contributed by atoms with van der Waals surface area (Å²) < 4.78 is 5.16. The number of azide groups is 1. The van der Waals surface area contributed by atoms with Crippen LogP contribution in [0.15, 0.2) is 17.3 Å². The maximum atomic E-state index is 11.6. The highest BCUT2D eigenvalue weighted by molar-refractivity contribution is 5.68. The summed E-state index contributed by atoms with van der Waals surface area (Å²) in [5.41, 5.74) is 7.92. The van der Waals surface area contributed by atoms with Gasteiger partial charge in [0, 0.05) is 11.0 Å². The van der Waals surface area contributed by atoms with Crippen LogP contribution in [0.1, 0.15) is 33.6 Å². The number of rotatable bonds is 2. The molecule has 0 spiro atoms. The Morgan fingerprint density at radius 2 is 2.12 bits per heavy atom. The van der Waals surface area contributed by atoms with Crippen molar-refractivity contribution in [3.05, 3.63) is 22.6 Å². The van der Waals surface area contributed by atoms with Gasteiger partial charge in [-0.3, -0.25) is 0 Å². The lowest BCUT2D eigenvalue weighted by Crippen LogP contribution is -2.45. The van der Waals surface area contributed by atoms with Gasteiger partial charge in [0.1, 0.15) is 5.60 Å². The molecule has 17 heavy (non-hydrogen) atoms. The van der Waals surface area contributed by atoms with E-state index in [0.29, 0.717) is 12.8 Å². The highest BCUT2D eigenvalue weighted by Crippen LogP contribution is 2.16. The Bertz CT molecular complexity index is 353. The van der Waals surface area contributed by atoms with Crippen molar-refractivity contribution in [3.8, 4) is 0 Å². The van der Waals surface area contributed by atoms with Crippen molar-refractivity contribution in [2.24, 2.45) is 5.11 Å². The largest absolute Gasteiger partial charge is 0.444 e. The van der Waals surface area contributed by atoms with Crippen LogP contribution in [0.4, 0.5) is 4.79 Å². The first-order chi connectivity index (χ1) is 7.92. The second kappa shape index (κ2) is 5.59. The van der Waals surface area contributed by atoms with Crippen molar-refractivity contribution in [2.75, 3.05) is 0 Å². The van der Waals surface area contributed by atoms with Crippen LogP contribution in [0.2, 0.25) is 0 Å². The predicted molar refractivity (Wildman–Crippen MR) is 64.5 cm³/mol. The fourth-order valence-electron chi connectivity index (χ4n) is 1.61. The summed E-state index contributed by atoms with van der Waals surface area (Å²) in [6.45, 7) is 5.41. The van der Waals surface area contributed by atoms with Crippen molar-refractivity contribution < 1.29 is 9.53 Å². The molecule has 1 aliphatic rings. The SMILES string of the molecule is CC(C)(C)OC(=O)N[C@H]1CC=CC[C@@H]1N=[N+]=[N-]. The number of amides is 1. The third-order valence-corrected chi connectivity index (χ3v) is 2.30. The molecule has 6 nitrogen and oxygen atoms in total. The summed E-state index contributed by atoms with van der Waals surface area (Å²) in [4.78, 5) is 14.4. The van der Waals surface area contributed by atoms with E-state index in [2.05, 4.69) is 15.3 Å². The monoisotopic (exact) mass is 238 g/mol. The molecule has 94 valence electrons. The molecule has 0 saturated heterocycles. The van der Waals surface area contributed by atoms with Crippen LogP contribution in [-0.4, -0.2) is 23.8 Å². The molecule has 0 bridgehead atoms. The Morgan fingerprint density at radius 1 is 1.47 bits per heavy atom. The molecular formula is C11H18N4O2. The first-order valence-corrected chi connectivity index (χ1v) is 5.61. The molecule has 0 radical (unpaired) electrons. The van der Waals surface area contributed by atoms with Crippen molar-refractivity contribution in [3.63, 3.8) is 0 Å². The fraction of sp³-hybridized carbons (Fsp3) is 0.727. The summed E-state index contributed by atoms with van der Waals surface area (Å²) in [6.07, 6.45) is 4.74. The van der Waals surface area contributed by atoms with Crippen LogP contribution in [0.3, 0.4) is 0 Å². The lowest BCUT2D eigenvalue weighted by atomic mass is 9.97. The van der Waals surface area contributed by atoms with Gasteiger partial charge in [-0.05, 0) is 39.1 Å². The van der Waals surface area contributed by atoms with E-state index in [-0.39, 0.29) is 12.1 Å². The van der Waals surface area contributed by atoms with E-state index in [0.717, 1.165) is 0 Å². The van der Waals surface area contributed by atoms with Crippen LogP contribution in [0.5, 0.6) is 0 Å². The Morgan fingerprint density at radius 3 is 2.71 bits per heavy atom. The minimum Gasteiger partial charge on any atom is -0.444 e. The number of hydrogen-bond donors (Lipinski definition) is 1. The van der Waals surface area contributed by atoms with Crippen molar-refractivity contribution in [1.29, 1.82) is 0 Å². The Hall–Kier alpha value is -1.68. The van der Waals surface area contributed by atoms with Gasteiger partial charge < -0.3 is 10.1 Å². The van der Waals surface area contributed by atoms with Crippen LogP contribution in [-0.2, 0) is 4.74 Å². The average molecular weight is 238 g/mol. The number of nitrogens with zero attached hydrogens (tertiary/aromatic N) is 3. The molecule has 0 aromatic heterocycles. The van der Waals surface area contributed by atoms with E-state index in [1.165, 1.54) is 0 Å². The number of nitrogens with one attached hydrogen (secondary N) is 1. The van der Waals surface area contributed by atoms with Crippen molar-refractivity contribution in [2.45, 2.75) is 51.3 Å². The Balaban J connectivity index is 2.57. The van der Waals surface area contributed by atoms with E-state index in [1.54, 1.807) is 20.8 Å². The molecule has 1 amide bonds. The summed E-state index contributed by atoms with van der Waals surface area (Å²) in [5.74, 6) is 0. The second-order valence-electron chi connectivity index (χ2n) is 4.97. The van der Waals surface area contributed by atoms with E-state index < -0.39 is 11.7 Å². The van der Waals surface area contributed by atoms with Crippen LogP contribution >= 0.6 is 0 Å². The molecule has 1 N–H and O–H groups in total. The average Bonchev–Trinajstić information content (AvgIpc) is 2.18. The Kier molecular flexibility index (Phi) is 4.40. The highest BCUT2D eigenvalue weighted by Gasteiger charge is 2.25. The summed E-state index contributed by atoms with van der Waals surface area (Å²) in [7, 11) is 0. The van der Waals surface area contributed by atoms with E-state index in [4.69, 9.17) is 10.3 Å². The number of carbonyl (C=O) groups excluding carboxylic acids is 1. The van der Waals surface area contributed by atoms with E-state index in [1.807, 2.05) is 12.2 Å². The smallest absolute Gasteiger partial charge is 0.407 e. The normalized spacial score (nSPS) is 23.7. The minimum absolute atomic E-state index is 0.189. The summed E-state index contributed by atoms with van der Waals surface area (Å²) >= 11 is 0. The first-order valence-electron chi connectivity index (χ1n) is 5.61. The third-order valence-electron chi connectivity index (χ3n) is 2.30. The fourth-order valence-corrected chi connectivity index (χ4v) is 1.61. The van der Waals surface area contributed by atoms with Gasteiger partial charge in [-0.25, -0.2) is 4.79 Å². The van der Waals surface area contributed by atoms with Crippen molar-refractivity contribution >= 4 is 6.09 Å². The van der Waals surface area contributed by atoms with Gasteiger partial charge in [0.2, 0.25) is 0 Å². The summed E-state index contributed by atoms with van der Waals surface area (Å²) in [6, 6.07) is -0.428.